The molecule has 1 aromatic heterocycles. The molecule has 2 aliphatic carbocycles. The van der Waals surface area contributed by atoms with Crippen molar-refractivity contribution >= 4 is 28.2 Å². The van der Waals surface area contributed by atoms with Crippen molar-refractivity contribution in [1.82, 2.24) is 9.88 Å². The van der Waals surface area contributed by atoms with Crippen molar-refractivity contribution in [3.05, 3.63) is 27.8 Å². The van der Waals surface area contributed by atoms with E-state index < -0.39 is 34.6 Å². The number of fused-ring (bicyclic) bond motifs is 1. The number of nitrogens with one attached hydrogen (secondary N) is 1. The summed E-state index contributed by atoms with van der Waals surface area (Å²) in [6, 6.07) is 0.404. The van der Waals surface area contributed by atoms with E-state index in [0.29, 0.717) is 12.6 Å². The van der Waals surface area contributed by atoms with Crippen molar-refractivity contribution in [2.45, 2.75) is 43.9 Å². The molecule has 0 radical (unpaired) electrons. The zero-order valence-corrected chi connectivity index (χ0v) is 17.7. The maximum Gasteiger partial charge on any atom is 0.341 e. The zero-order valence-electron chi connectivity index (χ0n) is 17.7. The molecule has 0 amide bonds. The van der Waals surface area contributed by atoms with E-state index >= 15 is 4.39 Å². The minimum absolute atomic E-state index is 0.0177. The minimum atomic E-state index is -1.40. The first kappa shape index (κ1) is 21.0. The number of halogens is 2. The Morgan fingerprint density at radius 2 is 2.03 bits per heavy atom. The molecule has 172 valence electrons. The summed E-state index contributed by atoms with van der Waals surface area (Å²) in [5, 5.41) is 12.6. The quantitative estimate of drug-likeness (QED) is 0.558. The second kappa shape index (κ2) is 7.61. The summed E-state index contributed by atoms with van der Waals surface area (Å²) >= 11 is 0. The Hall–Kier alpha value is -2.88. The maximum absolute atomic E-state index is 15.6. The lowest BCUT2D eigenvalue weighted by atomic mass is 10.1. The lowest BCUT2D eigenvalue weighted by Gasteiger charge is -2.25. The second-order valence-electron chi connectivity index (χ2n) is 9.01. The number of carboxylic acid groups (broad SMARTS) is 1. The van der Waals surface area contributed by atoms with Crippen molar-refractivity contribution in [2.75, 3.05) is 37.4 Å². The SMILES string of the molecule is COc1c(N2C[C@@H](CNC3CC3)[C@H](F)C2)c(F)c(N)c2c(=O)c(C(=O)O)cn(C3CC3)c12. The van der Waals surface area contributed by atoms with Crippen LogP contribution in [0.1, 0.15) is 42.1 Å². The number of hydrogen-bond donors (Lipinski definition) is 3. The fourth-order valence-corrected chi connectivity index (χ4v) is 4.64. The van der Waals surface area contributed by atoms with Gasteiger partial charge in [-0.2, -0.15) is 0 Å². The van der Waals surface area contributed by atoms with E-state index in [-0.39, 0.29) is 47.4 Å². The van der Waals surface area contributed by atoms with E-state index in [1.807, 2.05) is 0 Å². The van der Waals surface area contributed by atoms with Crippen LogP contribution in [0.3, 0.4) is 0 Å². The standard InChI is InChI=1S/C22H26F2N4O4/c1-32-21-18-15(20(29)13(22(30)31)8-28(18)12-4-5-12)17(25)16(24)19(21)27-7-10(14(23)9-27)6-26-11-2-3-11/h8,10-12,14,26H,2-7,9,25H2,1H3,(H,30,31)/t10-,14-/m1/s1. The Kier molecular flexibility index (Phi) is 4.99. The van der Waals surface area contributed by atoms with Crippen LogP contribution in [-0.2, 0) is 0 Å². The van der Waals surface area contributed by atoms with E-state index in [1.165, 1.54) is 13.3 Å². The molecule has 2 saturated carbocycles. The number of rotatable bonds is 7. The number of nitrogen functional groups attached to an aromatic ring is 1. The molecule has 0 bridgehead atoms. The molecule has 3 aliphatic rings. The van der Waals surface area contributed by atoms with Crippen LogP contribution in [0.15, 0.2) is 11.0 Å². The van der Waals surface area contributed by atoms with Gasteiger partial charge in [0, 0.05) is 43.8 Å². The maximum atomic E-state index is 15.6. The van der Waals surface area contributed by atoms with Gasteiger partial charge in [0.15, 0.2) is 11.6 Å². The molecular weight excluding hydrogens is 422 g/mol. The first-order valence-corrected chi connectivity index (χ1v) is 10.9. The minimum Gasteiger partial charge on any atom is -0.492 e. The first-order chi connectivity index (χ1) is 15.3. The molecule has 5 rings (SSSR count). The number of methoxy groups -OCH3 is 1. The number of carboxylic acids is 1. The average Bonchev–Trinajstić information content (AvgIpc) is 3.67. The number of benzene rings is 1. The third-order valence-corrected chi connectivity index (χ3v) is 6.68. The summed E-state index contributed by atoms with van der Waals surface area (Å²) in [6.07, 6.45) is 3.89. The fraction of sp³-hybridized carbons (Fsp3) is 0.545. The summed E-state index contributed by atoms with van der Waals surface area (Å²) in [5.41, 5.74) is 4.59. The van der Waals surface area contributed by atoms with Gasteiger partial charge in [-0.1, -0.05) is 0 Å². The lowest BCUT2D eigenvalue weighted by molar-refractivity contribution is 0.0695. The Balaban J connectivity index is 1.66. The largest absolute Gasteiger partial charge is 0.492 e. The molecule has 2 atom stereocenters. The Morgan fingerprint density at radius 1 is 1.31 bits per heavy atom. The van der Waals surface area contributed by atoms with Gasteiger partial charge in [-0.3, -0.25) is 4.79 Å². The lowest BCUT2D eigenvalue weighted by Crippen LogP contribution is -2.30. The van der Waals surface area contributed by atoms with Crippen molar-refractivity contribution in [3.8, 4) is 5.75 Å². The number of nitrogens with zero attached hydrogens (tertiary/aromatic N) is 2. The van der Waals surface area contributed by atoms with Crippen molar-refractivity contribution < 1.29 is 23.4 Å². The van der Waals surface area contributed by atoms with Gasteiger partial charge in [-0.05, 0) is 25.7 Å². The number of aromatic carboxylic acids is 1. The number of aromatic nitrogens is 1. The molecule has 2 heterocycles. The van der Waals surface area contributed by atoms with Crippen molar-refractivity contribution in [1.29, 1.82) is 0 Å². The summed E-state index contributed by atoms with van der Waals surface area (Å²) < 4.78 is 37.6. The van der Waals surface area contributed by atoms with E-state index in [2.05, 4.69) is 5.32 Å². The van der Waals surface area contributed by atoms with E-state index in [4.69, 9.17) is 10.5 Å². The average molecular weight is 448 g/mol. The molecule has 1 aromatic carbocycles. The molecule has 32 heavy (non-hydrogen) atoms. The summed E-state index contributed by atoms with van der Waals surface area (Å²) in [7, 11) is 1.36. The van der Waals surface area contributed by atoms with Gasteiger partial charge in [0.05, 0.1) is 23.7 Å². The summed E-state index contributed by atoms with van der Waals surface area (Å²) in [5.74, 6) is -2.52. The van der Waals surface area contributed by atoms with Crippen molar-refractivity contribution in [2.24, 2.45) is 5.92 Å². The number of anilines is 2. The highest BCUT2D eigenvalue weighted by molar-refractivity contribution is 6.03. The molecule has 3 fully saturated rings. The Bertz CT molecular complexity index is 1160. The topological polar surface area (TPSA) is 110 Å². The first-order valence-electron chi connectivity index (χ1n) is 10.9. The number of carbonyl (C=O) groups is 1. The normalized spacial score (nSPS) is 23.2. The molecule has 2 aromatic rings. The molecular formula is C22H26F2N4O4. The van der Waals surface area contributed by atoms with Gasteiger partial charge in [-0.25, -0.2) is 13.6 Å². The molecule has 1 aliphatic heterocycles. The predicted octanol–water partition coefficient (Wildman–Crippen LogP) is 2.29. The molecule has 4 N–H and O–H groups in total. The van der Waals surface area contributed by atoms with E-state index in [9.17, 15) is 19.1 Å². The zero-order chi connectivity index (χ0) is 22.7. The van der Waals surface area contributed by atoms with Gasteiger partial charge in [0.2, 0.25) is 5.43 Å². The Labute approximate surface area is 182 Å². The number of pyridine rings is 1. The van der Waals surface area contributed by atoms with Crippen LogP contribution in [0.4, 0.5) is 20.2 Å². The van der Waals surface area contributed by atoms with Gasteiger partial charge in [-0.15, -0.1) is 0 Å². The van der Waals surface area contributed by atoms with Gasteiger partial charge in [0.1, 0.15) is 17.4 Å². The number of alkyl halides is 1. The predicted molar refractivity (Wildman–Crippen MR) is 116 cm³/mol. The summed E-state index contributed by atoms with van der Waals surface area (Å²) in [6.45, 7) is 0.764. The highest BCUT2D eigenvalue weighted by Gasteiger charge is 2.39. The molecule has 0 unspecified atom stereocenters. The number of ether oxygens (including phenoxy) is 1. The van der Waals surface area contributed by atoms with Gasteiger partial charge in [0.25, 0.3) is 0 Å². The van der Waals surface area contributed by atoms with Crippen LogP contribution >= 0.6 is 0 Å². The van der Waals surface area contributed by atoms with Crippen LogP contribution in [0.5, 0.6) is 5.75 Å². The van der Waals surface area contributed by atoms with Gasteiger partial charge < -0.3 is 30.4 Å². The summed E-state index contributed by atoms with van der Waals surface area (Å²) in [4.78, 5) is 26.1. The van der Waals surface area contributed by atoms with E-state index in [1.54, 1.807) is 9.47 Å². The van der Waals surface area contributed by atoms with Crippen LogP contribution in [-0.4, -0.2) is 54.6 Å². The smallest absolute Gasteiger partial charge is 0.341 e. The van der Waals surface area contributed by atoms with Crippen LogP contribution in [0, 0.1) is 11.7 Å². The van der Waals surface area contributed by atoms with Crippen LogP contribution in [0.25, 0.3) is 10.9 Å². The molecule has 0 spiro atoms. The highest BCUT2D eigenvalue weighted by atomic mass is 19.1. The highest BCUT2D eigenvalue weighted by Crippen LogP contribution is 2.47. The molecule has 10 heteroatoms. The van der Waals surface area contributed by atoms with Crippen LogP contribution < -0.4 is 26.1 Å². The van der Waals surface area contributed by atoms with Crippen LogP contribution in [0.2, 0.25) is 0 Å². The van der Waals surface area contributed by atoms with E-state index in [0.717, 1.165) is 25.7 Å². The third-order valence-electron chi connectivity index (χ3n) is 6.68. The molecule has 8 nitrogen and oxygen atoms in total. The fourth-order valence-electron chi connectivity index (χ4n) is 4.64. The number of hydrogen-bond acceptors (Lipinski definition) is 6. The van der Waals surface area contributed by atoms with Gasteiger partial charge >= 0.3 is 5.97 Å². The molecule has 1 saturated heterocycles. The number of nitrogens with two attached hydrogens (primary N) is 1. The second-order valence-corrected chi connectivity index (χ2v) is 9.01. The van der Waals surface area contributed by atoms with Crippen molar-refractivity contribution in [3.63, 3.8) is 0 Å². The monoisotopic (exact) mass is 448 g/mol. The Morgan fingerprint density at radius 3 is 2.62 bits per heavy atom. The third kappa shape index (κ3) is 3.37.